The molecule has 9 nitrogen and oxygen atoms in total. The van der Waals surface area contributed by atoms with Crippen LogP contribution in [0.3, 0.4) is 0 Å². The highest BCUT2D eigenvalue weighted by molar-refractivity contribution is 5.92. The molecule has 2 rings (SSSR count). The maximum Gasteiger partial charge on any atom is 0.310 e. The van der Waals surface area contributed by atoms with E-state index in [2.05, 4.69) is 5.32 Å². The third kappa shape index (κ3) is 4.32. The van der Waals surface area contributed by atoms with Crippen molar-refractivity contribution in [1.29, 1.82) is 0 Å². The van der Waals surface area contributed by atoms with Crippen LogP contribution in [0.1, 0.15) is 0 Å². The summed E-state index contributed by atoms with van der Waals surface area (Å²) in [5, 5.41) is 13.6. The number of amides is 1. The summed E-state index contributed by atoms with van der Waals surface area (Å²) in [4.78, 5) is 22.5. The summed E-state index contributed by atoms with van der Waals surface area (Å²) in [6, 6.07) is 8.94. The number of nitro benzene ring substituents is 1. The Bertz CT molecular complexity index is 782. The lowest BCUT2D eigenvalue weighted by atomic mass is 10.2. The van der Waals surface area contributed by atoms with E-state index >= 15 is 0 Å². The zero-order valence-corrected chi connectivity index (χ0v) is 14.5. The van der Waals surface area contributed by atoms with Crippen molar-refractivity contribution in [2.75, 3.05) is 33.3 Å². The molecule has 0 atom stereocenters. The number of hydrogen-bond acceptors (Lipinski definition) is 7. The summed E-state index contributed by atoms with van der Waals surface area (Å²) in [6.07, 6.45) is 0. The first-order valence-corrected chi connectivity index (χ1v) is 7.46. The summed E-state index contributed by atoms with van der Waals surface area (Å²) in [6.45, 7) is -0.401. The van der Waals surface area contributed by atoms with Crippen LogP contribution < -0.4 is 24.3 Å². The Kier molecular flexibility index (Phi) is 6.20. The first-order chi connectivity index (χ1) is 12.5. The van der Waals surface area contributed by atoms with Gasteiger partial charge in [-0.05, 0) is 6.07 Å². The Morgan fingerprint density at radius 2 is 1.65 bits per heavy atom. The van der Waals surface area contributed by atoms with Crippen molar-refractivity contribution in [3.8, 4) is 23.0 Å². The van der Waals surface area contributed by atoms with Crippen molar-refractivity contribution in [1.82, 2.24) is 0 Å². The maximum absolute atomic E-state index is 12.1. The van der Waals surface area contributed by atoms with Crippen molar-refractivity contribution in [3.63, 3.8) is 0 Å². The van der Waals surface area contributed by atoms with Crippen LogP contribution in [0.15, 0.2) is 36.4 Å². The number of carbonyl (C=O) groups is 1. The van der Waals surface area contributed by atoms with E-state index in [9.17, 15) is 14.9 Å². The van der Waals surface area contributed by atoms with Crippen molar-refractivity contribution in [3.05, 3.63) is 46.5 Å². The largest absolute Gasteiger partial charge is 0.493 e. The van der Waals surface area contributed by atoms with E-state index in [1.54, 1.807) is 18.2 Å². The van der Waals surface area contributed by atoms with Crippen LogP contribution in [0.5, 0.6) is 23.0 Å². The summed E-state index contributed by atoms with van der Waals surface area (Å²) in [5.74, 6) is 0.655. The number of anilines is 1. The summed E-state index contributed by atoms with van der Waals surface area (Å²) in [7, 11) is 4.39. The maximum atomic E-state index is 12.1. The fourth-order valence-electron chi connectivity index (χ4n) is 2.22. The minimum atomic E-state index is -0.577. The van der Waals surface area contributed by atoms with Gasteiger partial charge in [0.05, 0.1) is 26.3 Å². The SMILES string of the molecule is COc1cc(NC(=O)COc2ccccc2[N+](=O)[O-])cc(OC)c1OC. The normalized spacial score (nSPS) is 9.96. The van der Waals surface area contributed by atoms with Crippen LogP contribution in [-0.2, 0) is 4.79 Å². The Morgan fingerprint density at radius 3 is 2.19 bits per heavy atom. The van der Waals surface area contributed by atoms with Crippen LogP contribution in [0, 0.1) is 10.1 Å². The number of carbonyl (C=O) groups excluding carboxylic acids is 1. The predicted octanol–water partition coefficient (Wildman–Crippen LogP) is 2.64. The molecule has 1 amide bonds. The molecule has 0 aliphatic heterocycles. The molecule has 0 saturated carbocycles. The number of rotatable bonds is 8. The summed E-state index contributed by atoms with van der Waals surface area (Å²) >= 11 is 0. The van der Waals surface area contributed by atoms with Crippen LogP contribution in [0.25, 0.3) is 0 Å². The predicted molar refractivity (Wildman–Crippen MR) is 93.3 cm³/mol. The fourth-order valence-corrected chi connectivity index (χ4v) is 2.22. The molecule has 0 saturated heterocycles. The Labute approximate surface area is 149 Å². The van der Waals surface area contributed by atoms with Gasteiger partial charge in [0.15, 0.2) is 23.9 Å². The van der Waals surface area contributed by atoms with Gasteiger partial charge in [0.25, 0.3) is 5.91 Å². The number of benzene rings is 2. The summed E-state index contributed by atoms with van der Waals surface area (Å²) < 4.78 is 20.9. The van der Waals surface area contributed by atoms with Gasteiger partial charge in [-0.2, -0.15) is 0 Å². The fraction of sp³-hybridized carbons (Fsp3) is 0.235. The van der Waals surface area contributed by atoms with Crippen molar-refractivity contribution in [2.24, 2.45) is 0 Å². The number of methoxy groups -OCH3 is 3. The van der Waals surface area contributed by atoms with E-state index in [1.165, 1.54) is 39.5 Å². The van der Waals surface area contributed by atoms with Gasteiger partial charge in [-0.15, -0.1) is 0 Å². The highest BCUT2D eigenvalue weighted by Crippen LogP contribution is 2.39. The van der Waals surface area contributed by atoms with Gasteiger partial charge in [0, 0.05) is 23.9 Å². The van der Waals surface area contributed by atoms with E-state index in [0.717, 1.165) is 0 Å². The first-order valence-electron chi connectivity index (χ1n) is 7.46. The lowest BCUT2D eigenvalue weighted by molar-refractivity contribution is -0.385. The Balaban J connectivity index is 2.10. The molecule has 0 heterocycles. The molecule has 138 valence electrons. The molecule has 2 aromatic carbocycles. The minimum absolute atomic E-state index is 0.0116. The van der Waals surface area contributed by atoms with E-state index in [-0.39, 0.29) is 11.4 Å². The number of nitro groups is 1. The highest BCUT2D eigenvalue weighted by Gasteiger charge is 2.17. The molecule has 0 aromatic heterocycles. The van der Waals surface area contributed by atoms with Gasteiger partial charge in [-0.25, -0.2) is 0 Å². The van der Waals surface area contributed by atoms with E-state index in [1.807, 2.05) is 0 Å². The second-order valence-electron chi connectivity index (χ2n) is 4.98. The van der Waals surface area contributed by atoms with Gasteiger partial charge >= 0.3 is 5.69 Å². The Hall–Kier alpha value is -3.49. The van der Waals surface area contributed by atoms with Crippen LogP contribution >= 0.6 is 0 Å². The smallest absolute Gasteiger partial charge is 0.310 e. The monoisotopic (exact) mass is 362 g/mol. The summed E-state index contributed by atoms with van der Waals surface area (Å²) in [5.41, 5.74) is 0.184. The number of hydrogen-bond donors (Lipinski definition) is 1. The molecule has 0 fully saturated rings. The van der Waals surface area contributed by atoms with Gasteiger partial charge in [-0.3, -0.25) is 14.9 Å². The molecular weight excluding hydrogens is 344 g/mol. The number of para-hydroxylation sites is 2. The second kappa shape index (κ2) is 8.56. The van der Waals surface area contributed by atoms with Gasteiger partial charge in [0.1, 0.15) is 0 Å². The Morgan fingerprint density at radius 1 is 1.04 bits per heavy atom. The molecule has 0 bridgehead atoms. The van der Waals surface area contributed by atoms with E-state index < -0.39 is 17.4 Å². The molecular formula is C17H18N2O7. The average molecular weight is 362 g/mol. The van der Waals surface area contributed by atoms with Gasteiger partial charge < -0.3 is 24.3 Å². The molecule has 1 N–H and O–H groups in total. The first kappa shape index (κ1) is 18.8. The quantitative estimate of drug-likeness (QED) is 0.568. The lowest BCUT2D eigenvalue weighted by Crippen LogP contribution is -2.20. The standard InChI is InChI=1S/C17H18N2O7/c1-23-14-8-11(9-15(24-2)17(14)25-3)18-16(20)10-26-13-7-5-4-6-12(13)19(21)22/h4-9H,10H2,1-3H3,(H,18,20). The molecule has 0 aliphatic carbocycles. The van der Waals surface area contributed by atoms with Crippen molar-refractivity contribution in [2.45, 2.75) is 0 Å². The molecule has 0 aliphatic rings. The number of nitrogens with one attached hydrogen (secondary N) is 1. The molecule has 26 heavy (non-hydrogen) atoms. The lowest BCUT2D eigenvalue weighted by Gasteiger charge is -2.14. The zero-order chi connectivity index (χ0) is 19.1. The third-order valence-corrected chi connectivity index (χ3v) is 3.37. The molecule has 0 radical (unpaired) electrons. The topological polar surface area (TPSA) is 109 Å². The molecule has 0 unspecified atom stereocenters. The number of nitrogens with zero attached hydrogens (tertiary/aromatic N) is 1. The van der Waals surface area contributed by atoms with Crippen LogP contribution in [-0.4, -0.2) is 38.8 Å². The highest BCUT2D eigenvalue weighted by atomic mass is 16.6. The molecule has 2 aromatic rings. The van der Waals surface area contributed by atoms with E-state index in [4.69, 9.17) is 18.9 Å². The average Bonchev–Trinajstić information content (AvgIpc) is 2.65. The van der Waals surface area contributed by atoms with Crippen molar-refractivity contribution >= 4 is 17.3 Å². The molecule has 0 spiro atoms. The minimum Gasteiger partial charge on any atom is -0.493 e. The van der Waals surface area contributed by atoms with Gasteiger partial charge in [-0.1, -0.05) is 12.1 Å². The zero-order valence-electron chi connectivity index (χ0n) is 14.5. The molecule has 9 heteroatoms. The van der Waals surface area contributed by atoms with Crippen molar-refractivity contribution < 1.29 is 28.7 Å². The second-order valence-corrected chi connectivity index (χ2v) is 4.98. The van der Waals surface area contributed by atoms with Crippen LogP contribution in [0.4, 0.5) is 11.4 Å². The van der Waals surface area contributed by atoms with E-state index in [0.29, 0.717) is 22.9 Å². The number of ether oxygens (including phenoxy) is 4. The van der Waals surface area contributed by atoms with Crippen LogP contribution in [0.2, 0.25) is 0 Å². The van der Waals surface area contributed by atoms with Gasteiger partial charge in [0.2, 0.25) is 5.75 Å². The third-order valence-electron chi connectivity index (χ3n) is 3.37.